The molecule has 0 radical (unpaired) electrons. The van der Waals surface area contributed by atoms with Crippen molar-refractivity contribution in [2.75, 3.05) is 19.8 Å². The van der Waals surface area contributed by atoms with Gasteiger partial charge in [-0.25, -0.2) is 9.59 Å². The number of carbonyl (C=O) groups is 2. The van der Waals surface area contributed by atoms with Gasteiger partial charge in [-0.15, -0.1) is 0 Å². The molecule has 0 aromatic heterocycles. The average molecular weight is 384 g/mol. The van der Waals surface area contributed by atoms with E-state index in [1.165, 1.54) is 12.1 Å². The molecular formula is C14H13Cl3O6. The summed E-state index contributed by atoms with van der Waals surface area (Å²) in [5.41, 5.74) is 0. The van der Waals surface area contributed by atoms with Crippen LogP contribution < -0.4 is 4.74 Å². The quantitative estimate of drug-likeness (QED) is 0.422. The lowest BCUT2D eigenvalue weighted by Gasteiger charge is -2.12. The Morgan fingerprint density at radius 2 is 1.74 bits per heavy atom. The van der Waals surface area contributed by atoms with Crippen LogP contribution in [0.4, 0.5) is 0 Å². The maximum Gasteiger partial charge on any atom is 0.344 e. The normalized spacial score (nSPS) is 11.5. The Morgan fingerprint density at radius 3 is 2.39 bits per heavy atom. The summed E-state index contributed by atoms with van der Waals surface area (Å²) < 4.78 is 14.5. The third kappa shape index (κ3) is 7.09. The molecular weight excluding hydrogens is 371 g/mol. The Labute approximate surface area is 147 Å². The van der Waals surface area contributed by atoms with E-state index in [4.69, 9.17) is 44.3 Å². The van der Waals surface area contributed by atoms with Gasteiger partial charge in [0.05, 0.1) is 15.1 Å². The third-order valence-corrected chi connectivity index (χ3v) is 3.36. The number of halogens is 3. The smallest absolute Gasteiger partial charge is 0.344 e. The van der Waals surface area contributed by atoms with E-state index in [1.807, 2.05) is 0 Å². The van der Waals surface area contributed by atoms with E-state index in [1.54, 1.807) is 0 Å². The minimum atomic E-state index is -1.16. The van der Waals surface area contributed by atoms with Crippen molar-refractivity contribution in [3.8, 4) is 5.75 Å². The van der Waals surface area contributed by atoms with E-state index >= 15 is 0 Å². The fraction of sp³-hybridized carbons (Fsp3) is 0.286. The molecule has 1 atom stereocenters. The molecule has 1 aromatic carbocycles. The molecule has 0 saturated carbocycles. The molecule has 0 aliphatic carbocycles. The third-order valence-electron chi connectivity index (χ3n) is 2.34. The molecule has 0 heterocycles. The van der Waals surface area contributed by atoms with Crippen molar-refractivity contribution < 1.29 is 28.9 Å². The van der Waals surface area contributed by atoms with Gasteiger partial charge in [0.1, 0.15) is 25.1 Å². The van der Waals surface area contributed by atoms with Gasteiger partial charge in [-0.2, -0.15) is 0 Å². The Bertz CT molecular complexity index is 590. The average Bonchev–Trinajstić information content (AvgIpc) is 2.52. The molecule has 0 amide bonds. The lowest BCUT2D eigenvalue weighted by atomic mass is 10.3. The monoisotopic (exact) mass is 382 g/mol. The van der Waals surface area contributed by atoms with Crippen LogP contribution in [-0.2, 0) is 19.1 Å². The van der Waals surface area contributed by atoms with E-state index in [-0.39, 0.29) is 34.0 Å². The first-order valence-corrected chi connectivity index (χ1v) is 7.37. The summed E-state index contributed by atoms with van der Waals surface area (Å²) >= 11 is 17.5. The fourth-order valence-corrected chi connectivity index (χ4v) is 1.86. The zero-order chi connectivity index (χ0) is 17.4. The second-order valence-electron chi connectivity index (χ2n) is 4.16. The van der Waals surface area contributed by atoms with Gasteiger partial charge in [-0.05, 0) is 6.07 Å². The van der Waals surface area contributed by atoms with Crippen LogP contribution >= 0.6 is 34.8 Å². The van der Waals surface area contributed by atoms with Crippen LogP contribution in [0.25, 0.3) is 0 Å². The molecule has 9 heteroatoms. The van der Waals surface area contributed by atoms with Crippen molar-refractivity contribution in [2.24, 2.45) is 0 Å². The minimum Gasteiger partial charge on any atom is -0.480 e. The molecule has 23 heavy (non-hydrogen) atoms. The summed E-state index contributed by atoms with van der Waals surface area (Å²) in [6, 6.07) is 2.74. The number of carbonyl (C=O) groups excluding carboxylic acids is 2. The topological polar surface area (TPSA) is 82.1 Å². The molecule has 6 nitrogen and oxygen atoms in total. The summed E-state index contributed by atoms with van der Waals surface area (Å²) in [5, 5.41) is 10.1. The van der Waals surface area contributed by atoms with E-state index in [0.29, 0.717) is 0 Å². The summed E-state index contributed by atoms with van der Waals surface area (Å²) in [6.07, 6.45) is -0.204. The highest BCUT2D eigenvalue weighted by Crippen LogP contribution is 2.33. The molecule has 0 saturated heterocycles. The number of rotatable bonds is 8. The lowest BCUT2D eigenvalue weighted by molar-refractivity contribution is -0.151. The summed E-state index contributed by atoms with van der Waals surface area (Å²) in [6.45, 7) is 2.07. The van der Waals surface area contributed by atoms with Crippen LogP contribution in [0.3, 0.4) is 0 Å². The van der Waals surface area contributed by atoms with Crippen LogP contribution in [0, 0.1) is 0 Å². The van der Waals surface area contributed by atoms with Crippen LogP contribution in [0.2, 0.25) is 15.1 Å². The lowest BCUT2D eigenvalue weighted by Crippen LogP contribution is -2.26. The first kappa shape index (κ1) is 19.6. The predicted octanol–water partition coefficient (Wildman–Crippen LogP) is 2.66. The number of ether oxygens (including phenoxy) is 3. The van der Waals surface area contributed by atoms with Gasteiger partial charge >= 0.3 is 11.9 Å². The Hall–Kier alpha value is -1.47. The number of hydrogen-bond donors (Lipinski definition) is 1. The molecule has 0 aliphatic heterocycles. The first-order chi connectivity index (χ1) is 10.8. The van der Waals surface area contributed by atoms with Crippen LogP contribution in [0.5, 0.6) is 5.75 Å². The van der Waals surface area contributed by atoms with Crippen molar-refractivity contribution >= 4 is 46.7 Å². The van der Waals surface area contributed by atoms with Gasteiger partial charge in [-0.3, -0.25) is 0 Å². The SMILES string of the molecule is C=CC(=O)OCC(O)COC(=O)COc1cc(Cl)c(Cl)cc1Cl. The number of aliphatic hydroxyl groups is 1. The number of esters is 2. The van der Waals surface area contributed by atoms with Crippen molar-refractivity contribution in [2.45, 2.75) is 6.10 Å². The maximum absolute atomic E-state index is 11.5. The molecule has 0 spiro atoms. The second-order valence-corrected chi connectivity index (χ2v) is 5.38. The first-order valence-electron chi connectivity index (χ1n) is 6.23. The van der Waals surface area contributed by atoms with Gasteiger partial charge < -0.3 is 19.3 Å². The Kier molecular flexibility index (Phi) is 8.19. The number of aliphatic hydroxyl groups excluding tert-OH is 1. The molecule has 1 unspecified atom stereocenters. The largest absolute Gasteiger partial charge is 0.480 e. The van der Waals surface area contributed by atoms with Gasteiger partial charge in [0.25, 0.3) is 0 Å². The molecule has 1 aromatic rings. The number of benzene rings is 1. The van der Waals surface area contributed by atoms with Gasteiger partial charge in [-0.1, -0.05) is 41.4 Å². The molecule has 126 valence electrons. The summed E-state index contributed by atoms with van der Waals surface area (Å²) in [4.78, 5) is 22.3. The van der Waals surface area contributed by atoms with Crippen LogP contribution in [0.15, 0.2) is 24.8 Å². The summed E-state index contributed by atoms with van der Waals surface area (Å²) in [7, 11) is 0. The minimum absolute atomic E-state index is 0.165. The second kappa shape index (κ2) is 9.62. The molecule has 0 fully saturated rings. The van der Waals surface area contributed by atoms with Crippen LogP contribution in [-0.4, -0.2) is 43.0 Å². The molecule has 1 rings (SSSR count). The van der Waals surface area contributed by atoms with E-state index in [2.05, 4.69) is 11.3 Å². The van der Waals surface area contributed by atoms with Gasteiger partial charge in [0.2, 0.25) is 0 Å². The predicted molar refractivity (Wildman–Crippen MR) is 85.1 cm³/mol. The molecule has 1 N–H and O–H groups in total. The Morgan fingerprint density at radius 1 is 1.13 bits per heavy atom. The van der Waals surface area contributed by atoms with Gasteiger partial charge in [0.15, 0.2) is 6.61 Å². The highest BCUT2D eigenvalue weighted by molar-refractivity contribution is 6.43. The van der Waals surface area contributed by atoms with E-state index < -0.39 is 24.6 Å². The molecule has 0 aliphatic rings. The zero-order valence-corrected chi connectivity index (χ0v) is 14.0. The van der Waals surface area contributed by atoms with Crippen molar-refractivity contribution in [1.29, 1.82) is 0 Å². The standard InChI is InChI=1S/C14H13Cl3O6/c1-2-13(19)22-5-8(18)6-23-14(20)7-21-12-4-10(16)9(15)3-11(12)17/h2-4,8,18H,1,5-7H2. The fourth-order valence-electron chi connectivity index (χ4n) is 1.27. The van der Waals surface area contributed by atoms with E-state index in [0.717, 1.165) is 6.08 Å². The van der Waals surface area contributed by atoms with E-state index in [9.17, 15) is 14.7 Å². The van der Waals surface area contributed by atoms with Crippen LogP contribution in [0.1, 0.15) is 0 Å². The Balaban J connectivity index is 2.36. The highest BCUT2D eigenvalue weighted by atomic mass is 35.5. The van der Waals surface area contributed by atoms with Crippen molar-refractivity contribution in [1.82, 2.24) is 0 Å². The van der Waals surface area contributed by atoms with Gasteiger partial charge in [0, 0.05) is 12.1 Å². The summed E-state index contributed by atoms with van der Waals surface area (Å²) in [5.74, 6) is -1.27. The van der Waals surface area contributed by atoms with Crippen molar-refractivity contribution in [3.05, 3.63) is 39.9 Å². The van der Waals surface area contributed by atoms with Crippen molar-refractivity contribution in [3.63, 3.8) is 0 Å². The number of hydrogen-bond acceptors (Lipinski definition) is 6. The molecule has 0 bridgehead atoms. The highest BCUT2D eigenvalue weighted by Gasteiger charge is 2.13. The zero-order valence-electron chi connectivity index (χ0n) is 11.8. The maximum atomic E-state index is 11.5.